The van der Waals surface area contributed by atoms with Gasteiger partial charge in [0.05, 0.1) is 6.10 Å². The van der Waals surface area contributed by atoms with Gasteiger partial charge in [-0.25, -0.2) is 9.59 Å². The second kappa shape index (κ2) is 16.5. The molecule has 5 aliphatic rings. The number of carbonyl (C=O) groups is 2. The highest BCUT2D eigenvalue weighted by atomic mass is 16.5. The van der Waals surface area contributed by atoms with E-state index in [0.29, 0.717) is 30.3 Å². The van der Waals surface area contributed by atoms with Gasteiger partial charge in [0.25, 0.3) is 0 Å². The van der Waals surface area contributed by atoms with Gasteiger partial charge in [-0.05, 0) is 139 Å². The Morgan fingerprint density at radius 1 is 0.852 bits per heavy atom. The summed E-state index contributed by atoms with van der Waals surface area (Å²) >= 11 is 0. The fourth-order valence-corrected chi connectivity index (χ4v) is 12.5. The third-order valence-corrected chi connectivity index (χ3v) is 15.4. The van der Waals surface area contributed by atoms with E-state index >= 15 is 0 Å². The lowest BCUT2D eigenvalue weighted by Gasteiger charge is -2.58. The van der Waals surface area contributed by atoms with Crippen LogP contribution in [-0.2, 0) is 14.3 Å². The molecule has 2 N–H and O–H groups in total. The molecular formula is C48H67NO5. The summed E-state index contributed by atoms with van der Waals surface area (Å²) in [5, 5.41) is 12.5. The van der Waals surface area contributed by atoms with Gasteiger partial charge < -0.3 is 19.9 Å². The number of benzene rings is 2. The molecule has 7 rings (SSSR count). The smallest absolute Gasteiger partial charge is 0.407 e. The van der Waals surface area contributed by atoms with Gasteiger partial charge in [0.15, 0.2) is 0 Å². The Bertz CT molecular complexity index is 1620. The summed E-state index contributed by atoms with van der Waals surface area (Å²) in [6.45, 7) is 13.4. The molecule has 2 aromatic rings. The summed E-state index contributed by atoms with van der Waals surface area (Å²) in [5.74, 6) is 3.98. The van der Waals surface area contributed by atoms with E-state index < -0.39 is 18.1 Å². The minimum atomic E-state index is -1.04. The molecule has 0 radical (unpaired) electrons. The largest absolute Gasteiger partial charge is 0.480 e. The van der Waals surface area contributed by atoms with Gasteiger partial charge in [0.2, 0.25) is 0 Å². The van der Waals surface area contributed by atoms with Gasteiger partial charge in [-0.2, -0.15) is 0 Å². The molecule has 9 unspecified atom stereocenters. The molecule has 0 spiro atoms. The van der Waals surface area contributed by atoms with E-state index in [2.05, 4.69) is 70.3 Å². The maximum Gasteiger partial charge on any atom is 0.407 e. The van der Waals surface area contributed by atoms with Crippen LogP contribution in [0.2, 0.25) is 0 Å². The van der Waals surface area contributed by atoms with Gasteiger partial charge >= 0.3 is 12.1 Å². The van der Waals surface area contributed by atoms with Crippen LogP contribution in [-0.4, -0.2) is 42.5 Å². The number of rotatable bonds is 15. The van der Waals surface area contributed by atoms with Crippen LogP contribution >= 0.6 is 0 Å². The molecule has 0 heterocycles. The highest BCUT2D eigenvalue weighted by Crippen LogP contribution is 2.67. The number of allylic oxidation sites excluding steroid dienone is 1. The molecule has 9 atom stereocenters. The van der Waals surface area contributed by atoms with Gasteiger partial charge in [-0.1, -0.05) is 114 Å². The van der Waals surface area contributed by atoms with Crippen LogP contribution in [0.5, 0.6) is 0 Å². The van der Waals surface area contributed by atoms with Crippen molar-refractivity contribution in [2.24, 2.45) is 46.3 Å². The third kappa shape index (κ3) is 7.80. The molecule has 5 aliphatic carbocycles. The zero-order chi connectivity index (χ0) is 38.0. The molecule has 6 heteroatoms. The first-order valence-electron chi connectivity index (χ1n) is 21.6. The Kier molecular flexibility index (Phi) is 12.0. The van der Waals surface area contributed by atoms with Gasteiger partial charge in [-0.3, -0.25) is 0 Å². The van der Waals surface area contributed by atoms with Crippen LogP contribution in [0.15, 0.2) is 60.2 Å². The van der Waals surface area contributed by atoms with Crippen molar-refractivity contribution in [3.63, 3.8) is 0 Å². The SMILES string of the molecule is CC(C)CCCC(C)C1CCC2C3CC=C4CC(OCCCCC(NC(=O)OCC5c6ccccc6-c6ccccc65)C(=O)O)CCC4(C)C3CCC12C. The van der Waals surface area contributed by atoms with Gasteiger partial charge in [-0.15, -0.1) is 0 Å². The number of hydrogen-bond donors (Lipinski definition) is 2. The normalized spacial score (nSPS) is 31.0. The van der Waals surface area contributed by atoms with Gasteiger partial charge in [0.1, 0.15) is 12.6 Å². The molecule has 6 nitrogen and oxygen atoms in total. The summed E-state index contributed by atoms with van der Waals surface area (Å²) in [6, 6.07) is 15.4. The van der Waals surface area contributed by atoms with Crippen molar-refractivity contribution in [3.8, 4) is 11.1 Å². The summed E-state index contributed by atoms with van der Waals surface area (Å²) in [7, 11) is 0. The molecule has 0 aliphatic heterocycles. The van der Waals surface area contributed by atoms with Gasteiger partial charge in [0, 0.05) is 12.5 Å². The van der Waals surface area contributed by atoms with E-state index in [9.17, 15) is 14.7 Å². The van der Waals surface area contributed by atoms with E-state index in [4.69, 9.17) is 9.47 Å². The van der Waals surface area contributed by atoms with Crippen molar-refractivity contribution in [3.05, 3.63) is 71.3 Å². The molecule has 2 aromatic carbocycles. The Morgan fingerprint density at radius 3 is 2.28 bits per heavy atom. The predicted octanol–water partition coefficient (Wildman–Crippen LogP) is 11.6. The maximum atomic E-state index is 12.8. The average molecular weight is 738 g/mol. The standard InChI is InChI=1S/C48H67NO5/c1-31(2)13-12-14-32(3)41-22-23-42-39-21-20-33-29-34(24-26-47(33,4)43(39)25-27-48(41,42)5)53-28-11-10-19-44(45(50)51)49-46(52)54-30-40-37-17-8-6-15-35(37)36-16-7-9-18-38(36)40/h6-9,15-18,20,31-32,34,39-44H,10-14,19,21-30H2,1-5H3,(H,49,52)(H,50,51). The lowest BCUT2D eigenvalue weighted by Crippen LogP contribution is -2.51. The van der Waals surface area contributed by atoms with Crippen molar-refractivity contribution in [1.29, 1.82) is 0 Å². The molecule has 3 fully saturated rings. The van der Waals surface area contributed by atoms with E-state index in [1.54, 1.807) is 5.57 Å². The number of amides is 1. The number of carboxylic acid groups (broad SMARTS) is 1. The number of nitrogens with one attached hydrogen (secondary N) is 1. The molecule has 0 saturated heterocycles. The first-order chi connectivity index (χ1) is 26.0. The van der Waals surface area contributed by atoms with E-state index in [0.717, 1.165) is 77.0 Å². The van der Waals surface area contributed by atoms with Crippen LogP contribution in [0, 0.1) is 46.3 Å². The fraction of sp³-hybridized carbons (Fsp3) is 0.667. The number of carboxylic acids is 1. The van der Waals surface area contributed by atoms with Crippen LogP contribution in [0.25, 0.3) is 11.1 Å². The second-order valence-corrected chi connectivity index (χ2v) is 18.9. The maximum absolute atomic E-state index is 12.8. The molecule has 3 saturated carbocycles. The molecule has 1 amide bonds. The minimum absolute atomic E-state index is 0.0661. The first kappa shape index (κ1) is 39.1. The highest BCUT2D eigenvalue weighted by Gasteiger charge is 2.59. The summed E-state index contributed by atoms with van der Waals surface area (Å²) < 4.78 is 12.1. The zero-order valence-electron chi connectivity index (χ0n) is 33.8. The number of hydrogen-bond acceptors (Lipinski definition) is 4. The second-order valence-electron chi connectivity index (χ2n) is 18.9. The Morgan fingerprint density at radius 2 is 1.57 bits per heavy atom. The Balaban J connectivity index is 0.848. The predicted molar refractivity (Wildman–Crippen MR) is 216 cm³/mol. The summed E-state index contributed by atoms with van der Waals surface area (Å²) in [4.78, 5) is 24.9. The number of alkyl carbamates (subject to hydrolysis) is 1. The number of carbonyl (C=O) groups excluding carboxylic acids is 1. The highest BCUT2D eigenvalue weighted by molar-refractivity contribution is 5.81. The van der Waals surface area contributed by atoms with Crippen molar-refractivity contribution < 1.29 is 24.2 Å². The lowest BCUT2D eigenvalue weighted by molar-refractivity contribution is -0.139. The van der Waals surface area contributed by atoms with Crippen LogP contribution < -0.4 is 5.32 Å². The number of ether oxygens (including phenoxy) is 2. The molecule has 0 bridgehead atoms. The monoisotopic (exact) mass is 738 g/mol. The van der Waals surface area contributed by atoms with Crippen molar-refractivity contribution in [2.45, 2.75) is 143 Å². The molecule has 0 aromatic heterocycles. The molecule has 294 valence electrons. The number of fused-ring (bicyclic) bond motifs is 8. The Hall–Kier alpha value is -3.12. The van der Waals surface area contributed by atoms with E-state index in [1.807, 2.05) is 24.3 Å². The number of aliphatic carboxylic acids is 1. The van der Waals surface area contributed by atoms with Crippen molar-refractivity contribution in [1.82, 2.24) is 5.32 Å². The van der Waals surface area contributed by atoms with Crippen molar-refractivity contribution in [2.75, 3.05) is 13.2 Å². The third-order valence-electron chi connectivity index (χ3n) is 15.4. The first-order valence-corrected chi connectivity index (χ1v) is 21.6. The summed E-state index contributed by atoms with van der Waals surface area (Å²) in [6.07, 6.45) is 18.4. The fourth-order valence-electron chi connectivity index (χ4n) is 12.5. The quantitative estimate of drug-likeness (QED) is 0.140. The Labute approximate surface area is 325 Å². The zero-order valence-corrected chi connectivity index (χ0v) is 33.8. The minimum Gasteiger partial charge on any atom is -0.480 e. The van der Waals surface area contributed by atoms with Crippen LogP contribution in [0.1, 0.15) is 142 Å². The van der Waals surface area contributed by atoms with E-state index in [-0.39, 0.29) is 18.6 Å². The topological polar surface area (TPSA) is 84.9 Å². The lowest BCUT2D eigenvalue weighted by atomic mass is 9.47. The van der Waals surface area contributed by atoms with E-state index in [1.165, 1.54) is 57.8 Å². The van der Waals surface area contributed by atoms with Crippen LogP contribution in [0.3, 0.4) is 0 Å². The van der Waals surface area contributed by atoms with Crippen LogP contribution in [0.4, 0.5) is 4.79 Å². The molecule has 54 heavy (non-hydrogen) atoms. The molecular weight excluding hydrogens is 671 g/mol. The van der Waals surface area contributed by atoms with Crippen molar-refractivity contribution >= 4 is 12.1 Å². The average Bonchev–Trinajstić information content (AvgIpc) is 3.68. The number of unbranched alkanes of at least 4 members (excludes halogenated alkanes) is 1. The summed E-state index contributed by atoms with van der Waals surface area (Å²) in [5.41, 5.74) is 7.05.